The maximum Gasteiger partial charge on any atom is 0.341 e. The lowest BCUT2D eigenvalue weighted by Crippen LogP contribution is -2.59. The van der Waals surface area contributed by atoms with Gasteiger partial charge >= 0.3 is 5.97 Å². The number of ether oxygens (including phenoxy) is 2. The summed E-state index contributed by atoms with van der Waals surface area (Å²) in [6, 6.07) is 0. The van der Waals surface area contributed by atoms with Gasteiger partial charge in [0.2, 0.25) is 0 Å². The van der Waals surface area contributed by atoms with Gasteiger partial charge in [-0.05, 0) is 58.3 Å². The van der Waals surface area contributed by atoms with Crippen LogP contribution in [0.3, 0.4) is 0 Å². The summed E-state index contributed by atoms with van der Waals surface area (Å²) in [5.74, 6) is -0.488. The van der Waals surface area contributed by atoms with Gasteiger partial charge < -0.3 is 19.7 Å². The summed E-state index contributed by atoms with van der Waals surface area (Å²) in [6.07, 6.45) is 5.49. The Kier molecular flexibility index (Phi) is 3.56. The van der Waals surface area contributed by atoms with Gasteiger partial charge in [0.05, 0.1) is 11.7 Å². The number of epoxide rings is 1. The molecule has 0 aromatic carbocycles. The Labute approximate surface area is 149 Å². The molecule has 0 radical (unpaired) electrons. The third-order valence-electron chi connectivity index (χ3n) is 7.38. The molecule has 0 aromatic heterocycles. The van der Waals surface area contributed by atoms with E-state index in [1.165, 1.54) is 5.57 Å². The molecule has 4 rings (SSSR count). The van der Waals surface area contributed by atoms with Gasteiger partial charge in [-0.25, -0.2) is 4.79 Å². The molecule has 1 saturated carbocycles. The molecule has 25 heavy (non-hydrogen) atoms. The van der Waals surface area contributed by atoms with Crippen molar-refractivity contribution in [1.29, 1.82) is 0 Å². The van der Waals surface area contributed by atoms with Gasteiger partial charge in [0.25, 0.3) is 0 Å². The van der Waals surface area contributed by atoms with E-state index in [9.17, 15) is 15.0 Å². The van der Waals surface area contributed by atoms with Crippen molar-refractivity contribution in [2.75, 3.05) is 0 Å². The number of allylic oxidation sites excluding steroid dienone is 1. The van der Waals surface area contributed by atoms with Gasteiger partial charge in [0.15, 0.2) is 5.60 Å². The van der Waals surface area contributed by atoms with E-state index >= 15 is 0 Å². The van der Waals surface area contributed by atoms with Crippen LogP contribution in [-0.2, 0) is 14.3 Å². The molecule has 2 saturated heterocycles. The number of aliphatic hydroxyl groups is 2. The van der Waals surface area contributed by atoms with Crippen molar-refractivity contribution in [3.05, 3.63) is 11.6 Å². The van der Waals surface area contributed by atoms with Crippen LogP contribution in [0.5, 0.6) is 0 Å². The fraction of sp³-hybridized carbons (Fsp3) is 0.850. The van der Waals surface area contributed by atoms with Gasteiger partial charge in [-0.15, -0.1) is 0 Å². The fourth-order valence-electron chi connectivity index (χ4n) is 5.36. The molecular weight excluding hydrogens is 320 g/mol. The average molecular weight is 350 g/mol. The van der Waals surface area contributed by atoms with Crippen molar-refractivity contribution in [3.63, 3.8) is 0 Å². The van der Waals surface area contributed by atoms with Crippen LogP contribution in [0.4, 0.5) is 0 Å². The Morgan fingerprint density at radius 1 is 1.16 bits per heavy atom. The highest BCUT2D eigenvalue weighted by atomic mass is 16.7. The summed E-state index contributed by atoms with van der Waals surface area (Å²) < 4.78 is 11.7. The number of rotatable bonds is 1. The van der Waals surface area contributed by atoms with Gasteiger partial charge in [0, 0.05) is 5.92 Å². The van der Waals surface area contributed by atoms with Crippen LogP contribution in [0.2, 0.25) is 0 Å². The molecule has 3 heterocycles. The molecule has 5 heteroatoms. The van der Waals surface area contributed by atoms with Crippen LogP contribution < -0.4 is 0 Å². The van der Waals surface area contributed by atoms with E-state index in [-0.39, 0.29) is 18.0 Å². The van der Waals surface area contributed by atoms with Crippen molar-refractivity contribution >= 4 is 5.97 Å². The van der Waals surface area contributed by atoms with Crippen LogP contribution in [0.25, 0.3) is 0 Å². The molecule has 0 amide bonds. The van der Waals surface area contributed by atoms with Gasteiger partial charge in [-0.3, -0.25) is 0 Å². The summed E-state index contributed by atoms with van der Waals surface area (Å²) in [5, 5.41) is 22.7. The monoisotopic (exact) mass is 350 g/mol. The zero-order chi connectivity index (χ0) is 18.3. The Balaban J connectivity index is 1.87. The van der Waals surface area contributed by atoms with E-state index in [0.29, 0.717) is 32.1 Å². The first-order chi connectivity index (χ1) is 11.5. The molecule has 6 unspecified atom stereocenters. The minimum absolute atomic E-state index is 0.0997. The van der Waals surface area contributed by atoms with E-state index in [2.05, 4.69) is 19.9 Å². The first-order valence-electron chi connectivity index (χ1n) is 9.61. The number of carbonyl (C=O) groups is 1. The number of hydrogen-bond acceptors (Lipinski definition) is 5. The van der Waals surface area contributed by atoms with Crippen LogP contribution in [0, 0.1) is 11.8 Å². The second-order valence-corrected chi connectivity index (χ2v) is 9.31. The summed E-state index contributed by atoms with van der Waals surface area (Å²) in [6.45, 7) is 7.87. The minimum atomic E-state index is -1.26. The molecule has 2 N–H and O–H groups in total. The van der Waals surface area contributed by atoms with Gasteiger partial charge in [-0.2, -0.15) is 0 Å². The lowest BCUT2D eigenvalue weighted by Gasteiger charge is -2.47. The predicted molar refractivity (Wildman–Crippen MR) is 91.8 cm³/mol. The molecule has 0 aromatic rings. The largest absolute Gasteiger partial charge is 0.454 e. The molecule has 3 aliphatic heterocycles. The first-order valence-corrected chi connectivity index (χ1v) is 9.61. The van der Waals surface area contributed by atoms with Crippen molar-refractivity contribution in [3.8, 4) is 0 Å². The summed E-state index contributed by atoms with van der Waals surface area (Å²) >= 11 is 0. The zero-order valence-corrected chi connectivity index (χ0v) is 15.7. The topological polar surface area (TPSA) is 79.3 Å². The molecule has 1 aliphatic carbocycles. The highest BCUT2D eigenvalue weighted by Gasteiger charge is 2.70. The van der Waals surface area contributed by atoms with Gasteiger partial charge in [-0.1, -0.05) is 25.5 Å². The second kappa shape index (κ2) is 5.08. The van der Waals surface area contributed by atoms with Crippen LogP contribution in [0.1, 0.15) is 66.2 Å². The predicted octanol–water partition coefficient (Wildman–Crippen LogP) is 2.49. The van der Waals surface area contributed by atoms with E-state index < -0.39 is 28.3 Å². The normalized spacial score (nSPS) is 52.1. The number of hydrogen-bond donors (Lipinski definition) is 2. The fourth-order valence-corrected chi connectivity index (χ4v) is 5.36. The first kappa shape index (κ1) is 17.5. The van der Waals surface area contributed by atoms with E-state index in [1.54, 1.807) is 6.92 Å². The lowest BCUT2D eigenvalue weighted by molar-refractivity contribution is -0.210. The van der Waals surface area contributed by atoms with Crippen molar-refractivity contribution in [1.82, 2.24) is 0 Å². The van der Waals surface area contributed by atoms with Crippen molar-refractivity contribution < 1.29 is 24.5 Å². The van der Waals surface area contributed by atoms with Gasteiger partial charge in [0.1, 0.15) is 11.2 Å². The van der Waals surface area contributed by atoms with E-state index in [4.69, 9.17) is 9.47 Å². The van der Waals surface area contributed by atoms with Crippen LogP contribution >= 0.6 is 0 Å². The smallest absolute Gasteiger partial charge is 0.341 e. The SMILES string of the molecule is CC(C)C1=CC2C(C)(O)CCC2(O)C2(C)CCC3OC3(CC1)C(=O)O2. The summed E-state index contributed by atoms with van der Waals surface area (Å²) in [7, 11) is 0. The Hall–Kier alpha value is -0.910. The molecule has 140 valence electrons. The quantitative estimate of drug-likeness (QED) is 0.431. The number of esters is 1. The highest BCUT2D eigenvalue weighted by molar-refractivity contribution is 5.84. The van der Waals surface area contributed by atoms with Crippen LogP contribution in [-0.4, -0.2) is 44.7 Å². The highest BCUT2D eigenvalue weighted by Crippen LogP contribution is 2.58. The van der Waals surface area contributed by atoms with Crippen LogP contribution in [0.15, 0.2) is 11.6 Å². The standard InChI is InChI=1S/C20H30O5/c1-12(2)13-5-8-19-15(24-19)6-7-18(4,25-16(19)21)20(23)10-9-17(3,22)14(20)11-13/h11-12,14-15,22-23H,5-10H2,1-4H3. The molecule has 6 atom stereocenters. The third kappa shape index (κ3) is 2.28. The minimum Gasteiger partial charge on any atom is -0.454 e. The summed E-state index contributed by atoms with van der Waals surface area (Å²) in [5.41, 5.74) is -2.92. The Morgan fingerprint density at radius 3 is 2.56 bits per heavy atom. The second-order valence-electron chi connectivity index (χ2n) is 9.31. The van der Waals surface area contributed by atoms with Crippen molar-refractivity contribution in [2.24, 2.45) is 11.8 Å². The molecule has 4 aliphatic rings. The maximum atomic E-state index is 12.9. The maximum absolute atomic E-state index is 12.9. The molecule has 2 bridgehead atoms. The molecule has 3 fully saturated rings. The zero-order valence-electron chi connectivity index (χ0n) is 15.7. The lowest BCUT2D eigenvalue weighted by atomic mass is 9.70. The summed E-state index contributed by atoms with van der Waals surface area (Å²) in [4.78, 5) is 12.9. The molecular formula is C20H30O5. The number of fused-ring (bicyclic) bond motifs is 4. The third-order valence-corrected chi connectivity index (χ3v) is 7.38. The molecule has 5 nitrogen and oxygen atoms in total. The Bertz CT molecular complexity index is 638. The Morgan fingerprint density at radius 2 is 1.88 bits per heavy atom. The van der Waals surface area contributed by atoms with E-state index in [1.807, 2.05) is 6.92 Å². The molecule has 1 spiro atoms. The van der Waals surface area contributed by atoms with E-state index in [0.717, 1.165) is 6.42 Å². The number of carbonyl (C=O) groups excluding carboxylic acids is 1. The average Bonchev–Trinajstić information content (AvgIpc) is 3.19. The van der Waals surface area contributed by atoms with Crippen molar-refractivity contribution in [2.45, 2.75) is 94.7 Å².